The van der Waals surface area contributed by atoms with E-state index < -0.39 is 0 Å². The van der Waals surface area contributed by atoms with Crippen LogP contribution in [0.4, 0.5) is 0 Å². The summed E-state index contributed by atoms with van der Waals surface area (Å²) in [6, 6.07) is 14.1. The predicted molar refractivity (Wildman–Crippen MR) is 111 cm³/mol. The highest BCUT2D eigenvalue weighted by Crippen LogP contribution is 2.28. The number of amides is 1. The molecule has 0 saturated carbocycles. The third-order valence-electron chi connectivity index (χ3n) is 5.30. The first-order valence-corrected chi connectivity index (χ1v) is 9.96. The van der Waals surface area contributed by atoms with E-state index in [-0.39, 0.29) is 5.91 Å². The Morgan fingerprint density at radius 3 is 2.14 bits per heavy atom. The lowest BCUT2D eigenvalue weighted by Crippen LogP contribution is -2.27. The fraction of sp³-hybridized carbons (Fsp3) is 0.435. The Kier molecular flexibility index (Phi) is 6.93. The molecule has 5 nitrogen and oxygen atoms in total. The molecule has 1 fully saturated rings. The Balaban J connectivity index is 1.63. The average Bonchev–Trinajstić information content (AvgIpc) is 3.28. The van der Waals surface area contributed by atoms with Crippen molar-refractivity contribution in [1.82, 2.24) is 9.80 Å². The minimum Gasteiger partial charge on any atom is -0.493 e. The number of nitrogens with zero attached hydrogens (tertiary/aromatic N) is 2. The summed E-state index contributed by atoms with van der Waals surface area (Å²) in [4.78, 5) is 16.8. The van der Waals surface area contributed by atoms with E-state index in [1.165, 1.54) is 11.1 Å². The van der Waals surface area contributed by atoms with Crippen molar-refractivity contribution in [1.29, 1.82) is 0 Å². The van der Waals surface area contributed by atoms with E-state index in [4.69, 9.17) is 9.47 Å². The molecule has 0 atom stereocenters. The minimum absolute atomic E-state index is 0.154. The van der Waals surface area contributed by atoms with Gasteiger partial charge in [-0.15, -0.1) is 0 Å². The molecule has 0 N–H and O–H groups in total. The highest BCUT2D eigenvalue weighted by atomic mass is 16.5. The molecule has 0 bridgehead atoms. The molecular weight excluding hydrogens is 352 g/mol. The Morgan fingerprint density at radius 1 is 0.929 bits per heavy atom. The number of hydrogen-bond donors (Lipinski definition) is 0. The van der Waals surface area contributed by atoms with Gasteiger partial charge in [-0.05, 0) is 54.8 Å². The zero-order chi connectivity index (χ0) is 19.9. The summed E-state index contributed by atoms with van der Waals surface area (Å²) in [5, 5.41) is 0. The van der Waals surface area contributed by atoms with Crippen LogP contribution in [0.15, 0.2) is 42.5 Å². The summed E-state index contributed by atoms with van der Waals surface area (Å²) in [7, 11) is 3.30. The van der Waals surface area contributed by atoms with Gasteiger partial charge in [0.1, 0.15) is 0 Å². The van der Waals surface area contributed by atoms with Gasteiger partial charge in [-0.3, -0.25) is 9.69 Å². The lowest BCUT2D eigenvalue weighted by molar-refractivity contribution is 0.0793. The summed E-state index contributed by atoms with van der Waals surface area (Å²) in [5.41, 5.74) is 3.18. The molecule has 0 unspecified atom stereocenters. The monoisotopic (exact) mass is 382 g/mol. The number of benzene rings is 2. The highest BCUT2D eigenvalue weighted by molar-refractivity contribution is 5.94. The van der Waals surface area contributed by atoms with Crippen molar-refractivity contribution in [3.05, 3.63) is 59.2 Å². The first-order valence-electron chi connectivity index (χ1n) is 9.96. The lowest BCUT2D eigenvalue weighted by atomic mass is 10.1. The van der Waals surface area contributed by atoms with Crippen molar-refractivity contribution < 1.29 is 14.3 Å². The van der Waals surface area contributed by atoms with Gasteiger partial charge in [0.2, 0.25) is 0 Å². The third kappa shape index (κ3) is 4.84. The second-order valence-electron chi connectivity index (χ2n) is 7.19. The number of carbonyl (C=O) groups is 1. The number of carbonyl (C=O) groups excluding carboxylic acids is 1. The number of rotatable bonds is 8. The summed E-state index contributed by atoms with van der Waals surface area (Å²) < 4.78 is 10.7. The van der Waals surface area contributed by atoms with Crippen molar-refractivity contribution in [3.8, 4) is 11.5 Å². The molecule has 150 valence electrons. The molecule has 1 amide bonds. The Bertz CT molecular complexity index is 783. The number of hydrogen-bond acceptors (Lipinski definition) is 4. The van der Waals surface area contributed by atoms with Crippen LogP contribution in [0.5, 0.6) is 11.5 Å². The van der Waals surface area contributed by atoms with Crippen molar-refractivity contribution >= 4 is 5.91 Å². The average molecular weight is 383 g/mol. The van der Waals surface area contributed by atoms with E-state index in [0.29, 0.717) is 0 Å². The number of methoxy groups -OCH3 is 2. The van der Waals surface area contributed by atoms with Crippen LogP contribution in [-0.4, -0.2) is 49.6 Å². The Morgan fingerprint density at radius 2 is 1.54 bits per heavy atom. The summed E-state index contributed by atoms with van der Waals surface area (Å²) in [5.74, 6) is 1.65. The normalized spacial score (nSPS) is 13.8. The second kappa shape index (κ2) is 9.60. The highest BCUT2D eigenvalue weighted by Gasteiger charge is 2.19. The molecule has 28 heavy (non-hydrogen) atoms. The van der Waals surface area contributed by atoms with Gasteiger partial charge in [-0.25, -0.2) is 0 Å². The van der Waals surface area contributed by atoms with Gasteiger partial charge in [0.05, 0.1) is 14.2 Å². The van der Waals surface area contributed by atoms with E-state index >= 15 is 0 Å². The van der Waals surface area contributed by atoms with Gasteiger partial charge in [0.15, 0.2) is 11.5 Å². The first kappa shape index (κ1) is 20.2. The molecule has 3 rings (SSSR count). The Labute approximate surface area is 167 Å². The first-order chi connectivity index (χ1) is 13.6. The molecule has 2 aromatic rings. The molecular formula is C23H30N2O3. The molecule has 1 saturated heterocycles. The standard InChI is InChI=1S/C23H30N2O3/c1-4-24(17-19-9-12-21(27-2)22(15-19)28-3)16-18-7-10-20(11-8-18)23(26)25-13-5-6-14-25/h7-12,15H,4-6,13-14,16-17H2,1-3H3. The molecule has 2 aromatic carbocycles. The number of likely N-dealkylation sites (tertiary alicyclic amines) is 1. The zero-order valence-electron chi connectivity index (χ0n) is 17.1. The molecule has 0 radical (unpaired) electrons. The molecule has 0 aromatic heterocycles. The quantitative estimate of drug-likeness (QED) is 0.693. The van der Waals surface area contributed by atoms with Crippen LogP contribution in [0.3, 0.4) is 0 Å². The van der Waals surface area contributed by atoms with Gasteiger partial charge >= 0.3 is 0 Å². The molecule has 1 heterocycles. The topological polar surface area (TPSA) is 42.0 Å². The van der Waals surface area contributed by atoms with E-state index in [0.717, 1.165) is 62.6 Å². The van der Waals surface area contributed by atoms with Crippen LogP contribution in [-0.2, 0) is 13.1 Å². The van der Waals surface area contributed by atoms with Crippen molar-refractivity contribution in [2.75, 3.05) is 33.9 Å². The van der Waals surface area contributed by atoms with E-state index in [9.17, 15) is 4.79 Å². The van der Waals surface area contributed by atoms with Crippen LogP contribution in [0.25, 0.3) is 0 Å². The fourth-order valence-electron chi connectivity index (χ4n) is 3.63. The number of ether oxygens (including phenoxy) is 2. The third-order valence-corrected chi connectivity index (χ3v) is 5.30. The van der Waals surface area contributed by atoms with Crippen molar-refractivity contribution in [3.63, 3.8) is 0 Å². The second-order valence-corrected chi connectivity index (χ2v) is 7.19. The molecule has 1 aliphatic heterocycles. The fourth-order valence-corrected chi connectivity index (χ4v) is 3.63. The van der Waals surface area contributed by atoms with Crippen LogP contribution in [0.2, 0.25) is 0 Å². The van der Waals surface area contributed by atoms with Gasteiger partial charge in [0.25, 0.3) is 5.91 Å². The predicted octanol–water partition coefficient (Wildman–Crippen LogP) is 3.96. The smallest absolute Gasteiger partial charge is 0.253 e. The Hall–Kier alpha value is -2.53. The minimum atomic E-state index is 0.154. The maximum Gasteiger partial charge on any atom is 0.253 e. The van der Waals surface area contributed by atoms with Crippen molar-refractivity contribution in [2.45, 2.75) is 32.9 Å². The summed E-state index contributed by atoms with van der Waals surface area (Å²) in [6.07, 6.45) is 2.23. The summed E-state index contributed by atoms with van der Waals surface area (Å²) >= 11 is 0. The summed E-state index contributed by atoms with van der Waals surface area (Å²) in [6.45, 7) is 6.52. The SMILES string of the molecule is CCN(Cc1ccc(C(=O)N2CCCC2)cc1)Cc1ccc(OC)c(OC)c1. The van der Waals surface area contributed by atoms with E-state index in [1.54, 1.807) is 14.2 Å². The largest absolute Gasteiger partial charge is 0.493 e. The van der Waals surface area contributed by atoms with Gasteiger partial charge < -0.3 is 14.4 Å². The van der Waals surface area contributed by atoms with Crippen LogP contribution >= 0.6 is 0 Å². The van der Waals surface area contributed by atoms with Gasteiger partial charge in [-0.2, -0.15) is 0 Å². The van der Waals surface area contributed by atoms with Crippen LogP contribution in [0.1, 0.15) is 41.3 Å². The van der Waals surface area contributed by atoms with E-state index in [2.05, 4.69) is 30.0 Å². The maximum atomic E-state index is 12.5. The maximum absolute atomic E-state index is 12.5. The molecule has 5 heteroatoms. The van der Waals surface area contributed by atoms with Gasteiger partial charge in [0, 0.05) is 31.7 Å². The van der Waals surface area contributed by atoms with Gasteiger partial charge in [-0.1, -0.05) is 25.1 Å². The van der Waals surface area contributed by atoms with Crippen LogP contribution < -0.4 is 9.47 Å². The van der Waals surface area contributed by atoms with E-state index in [1.807, 2.05) is 29.2 Å². The van der Waals surface area contributed by atoms with Crippen molar-refractivity contribution in [2.24, 2.45) is 0 Å². The molecule has 0 spiro atoms. The molecule has 0 aliphatic carbocycles. The zero-order valence-corrected chi connectivity index (χ0v) is 17.1. The lowest BCUT2D eigenvalue weighted by Gasteiger charge is -2.21. The molecule has 1 aliphatic rings. The van der Waals surface area contributed by atoms with Crippen LogP contribution in [0, 0.1) is 0 Å².